The fraction of sp³-hybridized carbons (Fsp3) is 0.0526. The molecule has 0 aliphatic carbocycles. The van der Waals surface area contributed by atoms with Crippen molar-refractivity contribution in [3.8, 4) is 23.3 Å². The molecule has 0 bridgehead atoms. The first-order valence-electron chi connectivity index (χ1n) is 9.04. The number of aromatic nitrogens is 4. The molecular formula is C19H12N6S. The van der Waals surface area contributed by atoms with Crippen LogP contribution in [0, 0.1) is 22.7 Å². The lowest BCUT2D eigenvalue weighted by Gasteiger charge is -2.09. The Labute approximate surface area is 158 Å². The summed E-state index contributed by atoms with van der Waals surface area (Å²) in [4.78, 5) is 1.47. The van der Waals surface area contributed by atoms with E-state index >= 15 is 0 Å². The second-order valence-corrected chi connectivity index (χ2v) is 6.52. The minimum atomic E-state index is -2.37. The Morgan fingerprint density at radius 3 is 2.62 bits per heavy atom. The molecule has 4 aromatic rings. The topological polar surface area (TPSA) is 82.7 Å². The molecule has 3 heterocycles. The number of benzene rings is 1. The van der Waals surface area contributed by atoms with Gasteiger partial charge in [0.15, 0.2) is 0 Å². The molecule has 0 amide bonds. The van der Waals surface area contributed by atoms with Crippen molar-refractivity contribution in [2.45, 2.75) is 9.79 Å². The van der Waals surface area contributed by atoms with Gasteiger partial charge in [-0.15, -0.1) is 0 Å². The molecule has 1 aromatic carbocycles. The number of hydrogen-bond donors (Lipinski definition) is 0. The number of hydrogen-bond acceptors (Lipinski definition) is 5. The summed E-state index contributed by atoms with van der Waals surface area (Å²) in [7, 11) is 0. The minimum absolute atomic E-state index is 0.409. The number of pyridine rings is 1. The highest BCUT2D eigenvalue weighted by atomic mass is 32.2. The molecule has 26 heavy (non-hydrogen) atoms. The molecule has 3 aromatic heterocycles. The fourth-order valence-electron chi connectivity index (χ4n) is 2.64. The van der Waals surface area contributed by atoms with Crippen molar-refractivity contribution in [1.82, 2.24) is 19.4 Å². The molecule has 124 valence electrons. The van der Waals surface area contributed by atoms with Crippen LogP contribution < -0.4 is 0 Å². The van der Waals surface area contributed by atoms with Gasteiger partial charge in [0.1, 0.15) is 12.1 Å². The lowest BCUT2D eigenvalue weighted by Crippen LogP contribution is -1.92. The van der Waals surface area contributed by atoms with Crippen molar-refractivity contribution < 1.29 is 4.11 Å². The van der Waals surface area contributed by atoms with E-state index in [9.17, 15) is 10.5 Å². The zero-order chi connectivity index (χ0) is 20.6. The lowest BCUT2D eigenvalue weighted by molar-refractivity contribution is 0.768. The van der Waals surface area contributed by atoms with Gasteiger partial charge >= 0.3 is 0 Å². The maximum Gasteiger partial charge on any atom is 0.103 e. The summed E-state index contributed by atoms with van der Waals surface area (Å²) < 4.78 is 25.0. The SMILES string of the molecule is [2H]C([2H])([2H])n1cc(-c2cc(Sc3ccccc3C#N)c3c(C#N)cnn3c2)cn1. The molecule has 0 radical (unpaired) electrons. The highest BCUT2D eigenvalue weighted by Gasteiger charge is 2.15. The van der Waals surface area contributed by atoms with Crippen molar-refractivity contribution in [1.29, 1.82) is 10.5 Å². The number of fused-ring (bicyclic) bond motifs is 1. The Morgan fingerprint density at radius 1 is 1.00 bits per heavy atom. The van der Waals surface area contributed by atoms with Crippen molar-refractivity contribution in [3.63, 3.8) is 0 Å². The summed E-state index contributed by atoms with van der Waals surface area (Å²) in [5, 5.41) is 27.0. The molecule has 0 N–H and O–H groups in total. The van der Waals surface area contributed by atoms with Crippen LogP contribution in [0.1, 0.15) is 15.2 Å². The van der Waals surface area contributed by atoms with Gasteiger partial charge in [-0.2, -0.15) is 20.7 Å². The fourth-order valence-corrected chi connectivity index (χ4v) is 3.73. The van der Waals surface area contributed by atoms with E-state index in [2.05, 4.69) is 22.3 Å². The van der Waals surface area contributed by atoms with Crippen LogP contribution >= 0.6 is 11.8 Å². The third-order valence-electron chi connectivity index (χ3n) is 3.84. The maximum atomic E-state index is 9.45. The van der Waals surface area contributed by atoms with Crippen LogP contribution in [-0.2, 0) is 6.98 Å². The maximum absolute atomic E-state index is 9.45. The number of nitrogens with zero attached hydrogens (tertiary/aromatic N) is 6. The quantitative estimate of drug-likeness (QED) is 0.558. The van der Waals surface area contributed by atoms with Gasteiger partial charge < -0.3 is 0 Å². The normalized spacial score (nSPS) is 12.8. The monoisotopic (exact) mass is 359 g/mol. The van der Waals surface area contributed by atoms with Crippen molar-refractivity contribution in [2.24, 2.45) is 6.98 Å². The van der Waals surface area contributed by atoms with Crippen LogP contribution in [0.5, 0.6) is 0 Å². The second-order valence-electron chi connectivity index (χ2n) is 5.44. The van der Waals surface area contributed by atoms with Gasteiger partial charge in [0, 0.05) is 44.4 Å². The van der Waals surface area contributed by atoms with Crippen molar-refractivity contribution >= 4 is 17.3 Å². The van der Waals surface area contributed by atoms with Crippen LogP contribution in [-0.4, -0.2) is 19.4 Å². The van der Waals surface area contributed by atoms with E-state index in [0.717, 1.165) is 14.5 Å². The van der Waals surface area contributed by atoms with E-state index in [0.29, 0.717) is 27.8 Å². The van der Waals surface area contributed by atoms with Gasteiger partial charge in [-0.3, -0.25) is 4.68 Å². The molecule has 0 unspecified atom stereocenters. The van der Waals surface area contributed by atoms with Gasteiger partial charge in [-0.05, 0) is 18.2 Å². The van der Waals surface area contributed by atoms with Gasteiger partial charge in [0.05, 0.1) is 29.0 Å². The first kappa shape index (κ1) is 12.8. The Bertz CT molecular complexity index is 1310. The van der Waals surface area contributed by atoms with E-state index < -0.39 is 6.98 Å². The third-order valence-corrected chi connectivity index (χ3v) is 4.95. The van der Waals surface area contributed by atoms with Crippen LogP contribution in [0.4, 0.5) is 0 Å². The molecule has 0 spiro atoms. The van der Waals surface area contributed by atoms with Crippen molar-refractivity contribution in [2.75, 3.05) is 0 Å². The Balaban J connectivity index is 1.88. The van der Waals surface area contributed by atoms with E-state index in [1.165, 1.54) is 30.4 Å². The van der Waals surface area contributed by atoms with Crippen LogP contribution in [0.3, 0.4) is 0 Å². The Hall–Kier alpha value is -3.55. The molecule has 0 saturated carbocycles. The van der Waals surface area contributed by atoms with Gasteiger partial charge in [-0.25, -0.2) is 4.52 Å². The van der Waals surface area contributed by atoms with Crippen LogP contribution in [0.2, 0.25) is 0 Å². The predicted molar refractivity (Wildman–Crippen MR) is 97.4 cm³/mol. The van der Waals surface area contributed by atoms with E-state index in [1.807, 2.05) is 18.2 Å². The molecule has 0 fully saturated rings. The van der Waals surface area contributed by atoms with Gasteiger partial charge in [-0.1, -0.05) is 23.9 Å². The molecule has 0 saturated heterocycles. The van der Waals surface area contributed by atoms with Gasteiger partial charge in [0.25, 0.3) is 0 Å². The summed E-state index contributed by atoms with van der Waals surface area (Å²) in [6.45, 7) is -2.37. The van der Waals surface area contributed by atoms with Gasteiger partial charge in [0.2, 0.25) is 0 Å². The molecule has 7 heteroatoms. The average molecular weight is 359 g/mol. The highest BCUT2D eigenvalue weighted by Crippen LogP contribution is 2.36. The third kappa shape index (κ3) is 2.71. The summed E-state index contributed by atoms with van der Waals surface area (Å²) >= 11 is 1.35. The molecule has 0 aliphatic rings. The summed E-state index contributed by atoms with van der Waals surface area (Å²) in [5.41, 5.74) is 2.85. The smallest absolute Gasteiger partial charge is 0.103 e. The van der Waals surface area contributed by atoms with Crippen LogP contribution in [0.25, 0.3) is 16.6 Å². The lowest BCUT2D eigenvalue weighted by atomic mass is 10.1. The van der Waals surface area contributed by atoms with E-state index in [1.54, 1.807) is 22.8 Å². The zero-order valence-electron chi connectivity index (χ0n) is 16.3. The largest absolute Gasteiger partial charge is 0.275 e. The van der Waals surface area contributed by atoms with Crippen LogP contribution in [0.15, 0.2) is 64.9 Å². The molecule has 6 nitrogen and oxygen atoms in total. The summed E-state index contributed by atoms with van der Waals surface area (Å²) in [6.07, 6.45) is 6.11. The summed E-state index contributed by atoms with van der Waals surface area (Å²) in [6, 6.07) is 13.3. The predicted octanol–water partition coefficient (Wildman–Crippen LogP) is 3.63. The first-order chi connectivity index (χ1) is 13.9. The Kier molecular flexibility index (Phi) is 3.14. The number of rotatable bonds is 3. The number of aryl methyl sites for hydroxylation is 1. The first-order valence-corrected chi connectivity index (χ1v) is 8.36. The standard InChI is InChI=1S/C19H12N6S/c1-24-11-16(10-22-24)14-6-18(19-15(8-21)9-23-25(19)12-14)26-17-5-3-2-4-13(17)7-20/h2-6,9-12H,1H3/i1D3. The molecule has 0 aliphatic heterocycles. The summed E-state index contributed by atoms with van der Waals surface area (Å²) in [5.74, 6) is 0. The van der Waals surface area contributed by atoms with E-state index in [4.69, 9.17) is 4.11 Å². The number of nitriles is 2. The Morgan fingerprint density at radius 2 is 1.85 bits per heavy atom. The zero-order valence-corrected chi connectivity index (χ0v) is 14.1. The second kappa shape index (κ2) is 6.40. The molecule has 0 atom stereocenters. The highest BCUT2D eigenvalue weighted by molar-refractivity contribution is 7.99. The van der Waals surface area contributed by atoms with Crippen molar-refractivity contribution in [3.05, 3.63) is 66.2 Å². The molecule has 4 rings (SSSR count). The molecular weight excluding hydrogens is 344 g/mol. The average Bonchev–Trinajstić information content (AvgIpc) is 3.35. The van der Waals surface area contributed by atoms with E-state index in [-0.39, 0.29) is 0 Å². The minimum Gasteiger partial charge on any atom is -0.275 e.